The van der Waals surface area contributed by atoms with Crippen LogP contribution in [0.3, 0.4) is 0 Å². The predicted molar refractivity (Wildman–Crippen MR) is 69.3 cm³/mol. The van der Waals surface area contributed by atoms with Gasteiger partial charge in [-0.2, -0.15) is 0 Å². The van der Waals surface area contributed by atoms with E-state index in [0.29, 0.717) is 16.0 Å². The van der Waals surface area contributed by atoms with E-state index in [2.05, 4.69) is 6.92 Å². The van der Waals surface area contributed by atoms with Crippen LogP contribution in [0.15, 0.2) is 18.2 Å². The van der Waals surface area contributed by atoms with E-state index in [1.165, 1.54) is 5.56 Å². The maximum absolute atomic E-state index is 6.11. The lowest BCUT2D eigenvalue weighted by Crippen LogP contribution is -2.13. The molecule has 0 spiro atoms. The molecule has 15 heavy (non-hydrogen) atoms. The lowest BCUT2D eigenvalue weighted by Gasteiger charge is -2.17. The van der Waals surface area contributed by atoms with Gasteiger partial charge in [0, 0.05) is 5.38 Å². The Labute approximate surface area is 107 Å². The highest BCUT2D eigenvalue weighted by Crippen LogP contribution is 2.26. The van der Waals surface area contributed by atoms with Crippen LogP contribution in [0.1, 0.15) is 25.8 Å². The third-order valence-corrected chi connectivity index (χ3v) is 3.75. The Bertz CT molecular complexity index is 321. The summed E-state index contributed by atoms with van der Waals surface area (Å²) < 4.78 is 0. The van der Waals surface area contributed by atoms with E-state index < -0.39 is 0 Å². The van der Waals surface area contributed by atoms with Crippen molar-refractivity contribution in [1.82, 2.24) is 0 Å². The molecule has 0 amide bonds. The third-order valence-electron chi connectivity index (χ3n) is 2.66. The molecule has 0 N–H and O–H groups in total. The summed E-state index contributed by atoms with van der Waals surface area (Å²) >= 11 is 17.9. The van der Waals surface area contributed by atoms with Crippen molar-refractivity contribution in [3.8, 4) is 0 Å². The maximum Gasteiger partial charge on any atom is 0.0595 e. The fraction of sp³-hybridized carbons (Fsp3) is 0.500. The van der Waals surface area contributed by atoms with Crippen molar-refractivity contribution in [1.29, 1.82) is 0 Å². The van der Waals surface area contributed by atoms with E-state index in [9.17, 15) is 0 Å². The SMILES string of the molecule is CCC(Cc1ccc(Cl)c(Cl)c1)C(C)Cl. The van der Waals surface area contributed by atoms with Crippen molar-refractivity contribution < 1.29 is 0 Å². The Kier molecular flexibility index (Phi) is 5.25. The van der Waals surface area contributed by atoms with Crippen molar-refractivity contribution in [2.75, 3.05) is 0 Å². The summed E-state index contributed by atoms with van der Waals surface area (Å²) in [6.07, 6.45) is 2.03. The molecule has 0 aliphatic heterocycles. The van der Waals surface area contributed by atoms with Gasteiger partial charge >= 0.3 is 0 Å². The zero-order valence-electron chi connectivity index (χ0n) is 8.93. The minimum Gasteiger partial charge on any atom is -0.123 e. The smallest absolute Gasteiger partial charge is 0.0595 e. The Morgan fingerprint density at radius 2 is 1.87 bits per heavy atom. The first-order valence-corrected chi connectivity index (χ1v) is 6.31. The summed E-state index contributed by atoms with van der Waals surface area (Å²) in [6, 6.07) is 5.77. The van der Waals surface area contributed by atoms with Gasteiger partial charge in [-0.05, 0) is 37.0 Å². The number of halogens is 3. The fourth-order valence-electron chi connectivity index (χ4n) is 1.60. The molecule has 0 aliphatic rings. The molecule has 0 nitrogen and oxygen atoms in total. The Balaban J connectivity index is 2.75. The highest BCUT2D eigenvalue weighted by atomic mass is 35.5. The van der Waals surface area contributed by atoms with Crippen molar-refractivity contribution in [3.05, 3.63) is 33.8 Å². The van der Waals surface area contributed by atoms with E-state index in [0.717, 1.165) is 12.8 Å². The highest BCUT2D eigenvalue weighted by molar-refractivity contribution is 6.42. The number of alkyl halides is 1. The van der Waals surface area contributed by atoms with Gasteiger partial charge in [-0.15, -0.1) is 11.6 Å². The second-order valence-corrected chi connectivity index (χ2v) is 5.30. The summed E-state index contributed by atoms with van der Waals surface area (Å²) in [6.45, 7) is 4.19. The van der Waals surface area contributed by atoms with Gasteiger partial charge in [-0.3, -0.25) is 0 Å². The van der Waals surface area contributed by atoms with Crippen LogP contribution < -0.4 is 0 Å². The molecule has 1 rings (SSSR count). The molecule has 0 radical (unpaired) electrons. The Morgan fingerprint density at radius 1 is 1.20 bits per heavy atom. The quantitative estimate of drug-likeness (QED) is 0.657. The first-order chi connectivity index (χ1) is 7.04. The van der Waals surface area contributed by atoms with Crippen molar-refractivity contribution in [2.45, 2.75) is 32.1 Å². The van der Waals surface area contributed by atoms with Gasteiger partial charge in [0.25, 0.3) is 0 Å². The molecule has 0 heterocycles. The molecular weight excluding hydrogens is 250 g/mol. The summed E-state index contributed by atoms with van der Waals surface area (Å²) in [5.74, 6) is 0.490. The largest absolute Gasteiger partial charge is 0.123 e. The Morgan fingerprint density at radius 3 is 2.33 bits per heavy atom. The molecule has 0 aromatic heterocycles. The van der Waals surface area contributed by atoms with Crippen LogP contribution in [-0.2, 0) is 6.42 Å². The molecule has 0 aliphatic carbocycles. The molecule has 2 unspecified atom stereocenters. The molecular formula is C12H15Cl3. The molecule has 3 heteroatoms. The first kappa shape index (κ1) is 13.2. The second-order valence-electron chi connectivity index (χ2n) is 3.80. The molecule has 0 saturated heterocycles. The van der Waals surface area contributed by atoms with E-state index in [-0.39, 0.29) is 5.38 Å². The van der Waals surface area contributed by atoms with E-state index in [1.54, 1.807) is 0 Å². The van der Waals surface area contributed by atoms with Crippen molar-refractivity contribution >= 4 is 34.8 Å². The average Bonchev–Trinajstić information content (AvgIpc) is 2.19. The van der Waals surface area contributed by atoms with Crippen LogP contribution in [0.5, 0.6) is 0 Å². The lowest BCUT2D eigenvalue weighted by molar-refractivity contribution is 0.497. The Hall–Kier alpha value is 0.0900. The summed E-state index contributed by atoms with van der Waals surface area (Å²) in [7, 11) is 0. The zero-order valence-corrected chi connectivity index (χ0v) is 11.2. The van der Waals surface area contributed by atoms with Crippen LogP contribution in [0.2, 0.25) is 10.0 Å². The first-order valence-electron chi connectivity index (χ1n) is 5.12. The number of hydrogen-bond acceptors (Lipinski definition) is 0. The topological polar surface area (TPSA) is 0 Å². The van der Waals surface area contributed by atoms with Crippen LogP contribution in [-0.4, -0.2) is 5.38 Å². The molecule has 0 bridgehead atoms. The molecule has 2 atom stereocenters. The average molecular weight is 266 g/mol. The van der Waals surface area contributed by atoms with Gasteiger partial charge in [-0.25, -0.2) is 0 Å². The monoisotopic (exact) mass is 264 g/mol. The summed E-state index contributed by atoms with van der Waals surface area (Å²) in [4.78, 5) is 0. The van der Waals surface area contributed by atoms with Crippen LogP contribution in [0, 0.1) is 5.92 Å². The van der Waals surface area contributed by atoms with E-state index in [4.69, 9.17) is 34.8 Å². The maximum atomic E-state index is 6.11. The van der Waals surface area contributed by atoms with Gasteiger partial charge < -0.3 is 0 Å². The third kappa shape index (κ3) is 3.86. The molecule has 84 valence electrons. The van der Waals surface area contributed by atoms with Gasteiger partial charge in [0.15, 0.2) is 0 Å². The molecule has 0 saturated carbocycles. The van der Waals surface area contributed by atoms with Gasteiger partial charge in [-0.1, -0.05) is 42.6 Å². The fourth-order valence-corrected chi connectivity index (χ4v) is 2.19. The highest BCUT2D eigenvalue weighted by Gasteiger charge is 2.13. The van der Waals surface area contributed by atoms with Gasteiger partial charge in [0.05, 0.1) is 10.0 Å². The second kappa shape index (κ2) is 5.98. The number of hydrogen-bond donors (Lipinski definition) is 0. The van der Waals surface area contributed by atoms with Crippen molar-refractivity contribution in [2.24, 2.45) is 5.92 Å². The van der Waals surface area contributed by atoms with Crippen molar-refractivity contribution in [3.63, 3.8) is 0 Å². The number of rotatable bonds is 4. The summed E-state index contributed by atoms with van der Waals surface area (Å²) in [5, 5.41) is 1.41. The van der Waals surface area contributed by atoms with Crippen LogP contribution >= 0.6 is 34.8 Å². The molecule has 1 aromatic rings. The van der Waals surface area contributed by atoms with E-state index >= 15 is 0 Å². The molecule has 1 aromatic carbocycles. The minimum absolute atomic E-state index is 0.185. The van der Waals surface area contributed by atoms with Crippen LogP contribution in [0.25, 0.3) is 0 Å². The van der Waals surface area contributed by atoms with Gasteiger partial charge in [0.2, 0.25) is 0 Å². The zero-order chi connectivity index (χ0) is 11.4. The predicted octanol–water partition coefficient (Wildman–Crippen LogP) is 5.19. The molecule has 0 fully saturated rings. The van der Waals surface area contributed by atoms with Crippen LogP contribution in [0.4, 0.5) is 0 Å². The van der Waals surface area contributed by atoms with E-state index in [1.807, 2.05) is 25.1 Å². The summed E-state index contributed by atoms with van der Waals surface area (Å²) in [5.41, 5.74) is 1.20. The standard InChI is InChI=1S/C12H15Cl3/c1-3-10(8(2)13)6-9-4-5-11(14)12(15)7-9/h4-5,7-8,10H,3,6H2,1-2H3. The lowest BCUT2D eigenvalue weighted by atomic mass is 9.94. The normalized spacial score (nSPS) is 15.0. The minimum atomic E-state index is 0.185. The number of benzene rings is 1. The van der Waals surface area contributed by atoms with Gasteiger partial charge in [0.1, 0.15) is 0 Å².